The Hall–Kier alpha value is -3.08. The zero-order valence-corrected chi connectivity index (χ0v) is 16.7. The minimum Gasteiger partial charge on any atom is -0.381 e. The molecule has 0 unspecified atom stereocenters. The molecule has 2 N–H and O–H groups in total. The smallest absolute Gasteiger partial charge is 0.261 e. The highest BCUT2D eigenvalue weighted by Gasteiger charge is 2.21. The predicted octanol–water partition coefficient (Wildman–Crippen LogP) is 5.18. The zero-order chi connectivity index (χ0) is 20.5. The summed E-state index contributed by atoms with van der Waals surface area (Å²) >= 11 is 0. The Labute approximate surface area is 166 Å². The van der Waals surface area contributed by atoms with Crippen LogP contribution in [0, 0.1) is 11.7 Å². The molecule has 0 saturated carbocycles. The number of benzene rings is 2. The lowest BCUT2D eigenvalue weighted by molar-refractivity contribution is 0.0980. The van der Waals surface area contributed by atoms with Gasteiger partial charge in [0.05, 0.1) is 5.56 Å². The first-order chi connectivity index (χ1) is 13.4. The summed E-state index contributed by atoms with van der Waals surface area (Å²) in [5.41, 5.74) is 2.80. The van der Waals surface area contributed by atoms with Crippen molar-refractivity contribution in [1.29, 1.82) is 0 Å². The van der Waals surface area contributed by atoms with Gasteiger partial charge in [-0.15, -0.1) is 0 Å². The van der Waals surface area contributed by atoms with Gasteiger partial charge in [-0.1, -0.05) is 38.6 Å². The Morgan fingerprint density at radius 3 is 2.64 bits per heavy atom. The maximum absolute atomic E-state index is 14.2. The number of rotatable bonds is 9. The van der Waals surface area contributed by atoms with Crippen LogP contribution in [0.3, 0.4) is 0 Å². The quantitative estimate of drug-likeness (QED) is 0.629. The van der Waals surface area contributed by atoms with Crippen molar-refractivity contribution in [2.45, 2.75) is 20.8 Å². The summed E-state index contributed by atoms with van der Waals surface area (Å²) in [4.78, 5) is 14.7. The lowest BCUT2D eigenvalue weighted by Crippen LogP contribution is -2.34. The second-order valence-electron chi connectivity index (χ2n) is 7.05. The average Bonchev–Trinajstić information content (AvgIpc) is 2.69. The van der Waals surface area contributed by atoms with E-state index in [1.165, 1.54) is 12.1 Å². The third kappa shape index (κ3) is 5.98. The highest BCUT2D eigenvalue weighted by atomic mass is 19.1. The van der Waals surface area contributed by atoms with E-state index in [1.54, 1.807) is 23.2 Å². The van der Waals surface area contributed by atoms with Gasteiger partial charge in [0.25, 0.3) is 5.91 Å². The number of amides is 1. The Kier molecular flexibility index (Phi) is 7.81. The van der Waals surface area contributed by atoms with Gasteiger partial charge in [0.2, 0.25) is 0 Å². The van der Waals surface area contributed by atoms with Crippen LogP contribution in [0.25, 0.3) is 0 Å². The molecule has 28 heavy (non-hydrogen) atoms. The van der Waals surface area contributed by atoms with Crippen LogP contribution in [-0.2, 0) is 0 Å². The molecule has 0 radical (unpaired) electrons. The van der Waals surface area contributed by atoms with Crippen molar-refractivity contribution in [3.05, 3.63) is 84.5 Å². The first kappa shape index (κ1) is 21.2. The van der Waals surface area contributed by atoms with Crippen molar-refractivity contribution in [3.8, 4) is 0 Å². The fourth-order valence-electron chi connectivity index (χ4n) is 2.73. The van der Waals surface area contributed by atoms with E-state index in [4.69, 9.17) is 0 Å². The molecule has 0 fully saturated rings. The van der Waals surface area contributed by atoms with Crippen LogP contribution in [0.1, 0.15) is 31.1 Å². The van der Waals surface area contributed by atoms with Crippen molar-refractivity contribution in [3.63, 3.8) is 0 Å². The average molecular weight is 381 g/mol. The number of nitrogens with zero attached hydrogens (tertiary/aromatic N) is 1. The normalized spacial score (nSPS) is 11.2. The molecule has 0 heterocycles. The largest absolute Gasteiger partial charge is 0.381 e. The lowest BCUT2D eigenvalue weighted by atomic mass is 10.1. The van der Waals surface area contributed by atoms with Gasteiger partial charge in [0.1, 0.15) is 5.82 Å². The molecule has 0 aromatic heterocycles. The van der Waals surface area contributed by atoms with E-state index in [2.05, 4.69) is 17.2 Å². The summed E-state index contributed by atoms with van der Waals surface area (Å²) in [5.74, 6) is -0.608. The molecule has 2 aromatic carbocycles. The highest BCUT2D eigenvalue weighted by Crippen LogP contribution is 2.23. The van der Waals surface area contributed by atoms with Gasteiger partial charge >= 0.3 is 0 Å². The van der Waals surface area contributed by atoms with Gasteiger partial charge in [-0.05, 0) is 54.9 Å². The molecule has 0 saturated heterocycles. The van der Waals surface area contributed by atoms with Gasteiger partial charge in [-0.2, -0.15) is 0 Å². The van der Waals surface area contributed by atoms with Gasteiger partial charge in [-0.25, -0.2) is 4.39 Å². The van der Waals surface area contributed by atoms with Gasteiger partial charge in [-0.3, -0.25) is 4.79 Å². The Bertz CT molecular complexity index is 845. The highest BCUT2D eigenvalue weighted by molar-refractivity contribution is 6.06. The topological polar surface area (TPSA) is 44.4 Å². The minimum atomic E-state index is -0.508. The number of carbonyl (C=O) groups is 1. The molecule has 5 heteroatoms. The summed E-state index contributed by atoms with van der Waals surface area (Å²) in [5, 5.41) is 6.28. The summed E-state index contributed by atoms with van der Waals surface area (Å²) < 4.78 is 14.2. The van der Waals surface area contributed by atoms with E-state index in [0.29, 0.717) is 13.1 Å². The van der Waals surface area contributed by atoms with Crippen molar-refractivity contribution >= 4 is 17.3 Å². The molecule has 0 aliphatic rings. The maximum Gasteiger partial charge on any atom is 0.261 e. The van der Waals surface area contributed by atoms with Crippen LogP contribution in [0.5, 0.6) is 0 Å². The summed E-state index contributed by atoms with van der Waals surface area (Å²) in [6.45, 7) is 10.8. The summed E-state index contributed by atoms with van der Waals surface area (Å²) in [7, 11) is 0. The van der Waals surface area contributed by atoms with Crippen molar-refractivity contribution in [2.24, 2.45) is 5.92 Å². The number of carbonyl (C=O) groups excluding carboxylic acids is 1. The first-order valence-electron chi connectivity index (χ1n) is 9.35. The molecular formula is C23H28FN3O. The van der Waals surface area contributed by atoms with E-state index >= 15 is 0 Å². The van der Waals surface area contributed by atoms with Crippen LogP contribution in [-0.4, -0.2) is 19.0 Å². The van der Waals surface area contributed by atoms with Crippen LogP contribution in [0.15, 0.2) is 73.1 Å². The molecule has 0 aliphatic heterocycles. The van der Waals surface area contributed by atoms with Gasteiger partial charge < -0.3 is 15.5 Å². The fraction of sp³-hybridized carbons (Fsp3) is 0.261. The summed E-state index contributed by atoms with van der Waals surface area (Å²) in [6, 6.07) is 13.7. The molecule has 1 amide bonds. The van der Waals surface area contributed by atoms with Crippen molar-refractivity contribution in [2.75, 3.05) is 23.3 Å². The molecular weight excluding hydrogens is 353 g/mol. The Morgan fingerprint density at radius 2 is 1.96 bits per heavy atom. The lowest BCUT2D eigenvalue weighted by Gasteiger charge is -2.25. The number of halogens is 1. The second-order valence-corrected chi connectivity index (χ2v) is 7.05. The van der Waals surface area contributed by atoms with Crippen molar-refractivity contribution in [1.82, 2.24) is 5.32 Å². The van der Waals surface area contributed by atoms with E-state index in [9.17, 15) is 9.18 Å². The first-order valence-corrected chi connectivity index (χ1v) is 9.35. The SMILES string of the molecule is C=CN/C=C(\C)CNc1cccc(N(CC(C)C)C(=O)c2ccccc2F)c1. The third-order valence-corrected chi connectivity index (χ3v) is 4.07. The van der Waals surface area contributed by atoms with Crippen LogP contribution in [0.4, 0.5) is 15.8 Å². The molecule has 0 aliphatic carbocycles. The molecule has 2 aromatic rings. The molecule has 4 nitrogen and oxygen atoms in total. The predicted molar refractivity (Wildman–Crippen MR) is 115 cm³/mol. The van der Waals surface area contributed by atoms with E-state index in [1.807, 2.05) is 51.2 Å². The van der Waals surface area contributed by atoms with E-state index in [-0.39, 0.29) is 17.4 Å². The molecule has 0 bridgehead atoms. The monoisotopic (exact) mass is 381 g/mol. The standard InChI is InChI=1S/C23H28FN3O/c1-5-25-14-18(4)15-26-19-9-8-10-20(13-19)27(16-17(2)3)23(28)21-11-6-7-12-22(21)24/h5-14,17,25-26H,1,15-16H2,2-4H3/b18-14+. The fourth-order valence-corrected chi connectivity index (χ4v) is 2.73. The maximum atomic E-state index is 14.2. The number of anilines is 2. The van der Waals surface area contributed by atoms with Crippen molar-refractivity contribution < 1.29 is 9.18 Å². The zero-order valence-electron chi connectivity index (χ0n) is 16.7. The summed E-state index contributed by atoms with van der Waals surface area (Å²) in [6.07, 6.45) is 3.48. The van der Waals surface area contributed by atoms with Crippen LogP contribution < -0.4 is 15.5 Å². The van der Waals surface area contributed by atoms with Gasteiger partial charge in [0, 0.05) is 30.7 Å². The minimum absolute atomic E-state index is 0.0794. The van der Waals surface area contributed by atoms with Gasteiger partial charge in [0.15, 0.2) is 0 Å². The number of hydrogen-bond acceptors (Lipinski definition) is 3. The second kappa shape index (κ2) is 10.3. The Balaban J connectivity index is 2.25. The Morgan fingerprint density at radius 1 is 1.21 bits per heavy atom. The van der Waals surface area contributed by atoms with Crippen LogP contribution >= 0.6 is 0 Å². The molecule has 148 valence electrons. The molecule has 0 atom stereocenters. The van der Waals surface area contributed by atoms with E-state index in [0.717, 1.165) is 16.9 Å². The van der Waals surface area contributed by atoms with E-state index < -0.39 is 5.82 Å². The van der Waals surface area contributed by atoms with Crippen LogP contribution in [0.2, 0.25) is 0 Å². The number of hydrogen-bond donors (Lipinski definition) is 2. The molecule has 2 rings (SSSR count). The number of nitrogens with one attached hydrogen (secondary N) is 2. The third-order valence-electron chi connectivity index (χ3n) is 4.07. The molecule has 0 spiro atoms.